The van der Waals surface area contributed by atoms with Crippen molar-refractivity contribution in [2.45, 2.75) is 9.79 Å². The molecule has 0 fully saturated rings. The molecule has 1 aromatic carbocycles. The minimum Gasteiger partial charge on any atom is -0.412 e. The molecule has 0 aromatic heterocycles. The zero-order valence-electron chi connectivity index (χ0n) is 5.93. The van der Waals surface area contributed by atoms with E-state index >= 15 is 0 Å². The van der Waals surface area contributed by atoms with Gasteiger partial charge in [-0.3, -0.25) is 4.55 Å². The third-order valence-electron chi connectivity index (χ3n) is 1.13. The van der Waals surface area contributed by atoms with Crippen molar-refractivity contribution >= 4 is 22.7 Å². The van der Waals surface area contributed by atoms with Crippen molar-refractivity contribution < 1.29 is 18.4 Å². The van der Waals surface area contributed by atoms with Gasteiger partial charge in [0.15, 0.2) is 0 Å². The first-order chi connectivity index (χ1) is 5.00. The smallest absolute Gasteiger partial charge is 0.294 e. The largest absolute Gasteiger partial charge is 0.412 e. The third-order valence-corrected chi connectivity index (χ3v) is 2.30. The van der Waals surface area contributed by atoms with Crippen molar-refractivity contribution in [3.8, 4) is 0 Å². The van der Waals surface area contributed by atoms with E-state index in [0.29, 0.717) is 4.90 Å². The van der Waals surface area contributed by atoms with Gasteiger partial charge in [0.1, 0.15) is 0 Å². The van der Waals surface area contributed by atoms with Gasteiger partial charge in [-0.25, -0.2) is 0 Å². The zero-order valence-corrected chi connectivity index (χ0v) is 7.64. The first-order valence-electron chi connectivity index (χ1n) is 2.77. The van der Waals surface area contributed by atoms with Crippen LogP contribution in [0, 0.1) is 0 Å². The van der Waals surface area contributed by atoms with Crippen LogP contribution in [0.5, 0.6) is 0 Å². The second-order valence-electron chi connectivity index (χ2n) is 1.97. The predicted octanol–water partition coefficient (Wildman–Crippen LogP) is 0.397. The molecule has 0 aliphatic carbocycles. The summed E-state index contributed by atoms with van der Waals surface area (Å²) in [7, 11) is -4.05. The van der Waals surface area contributed by atoms with Crippen LogP contribution in [0.15, 0.2) is 34.1 Å². The van der Waals surface area contributed by atoms with Crippen LogP contribution in [0.1, 0.15) is 0 Å². The van der Waals surface area contributed by atoms with Crippen LogP contribution in [0.25, 0.3) is 0 Å². The first-order valence-corrected chi connectivity index (χ1v) is 4.65. The van der Waals surface area contributed by atoms with Crippen LogP contribution < -0.4 is 0 Å². The molecule has 1 rings (SSSR count). The van der Waals surface area contributed by atoms with Gasteiger partial charge in [-0.2, -0.15) is 8.42 Å². The predicted molar refractivity (Wildman–Crippen MR) is 47.1 cm³/mol. The molecule has 3 N–H and O–H groups in total. The Morgan fingerprint density at radius 3 is 1.92 bits per heavy atom. The van der Waals surface area contributed by atoms with Gasteiger partial charge in [0.05, 0.1) is 4.90 Å². The van der Waals surface area contributed by atoms with Gasteiger partial charge in [0, 0.05) is 4.90 Å². The highest BCUT2D eigenvalue weighted by atomic mass is 32.2. The molecule has 0 radical (unpaired) electrons. The Hall–Kier alpha value is -0.560. The van der Waals surface area contributed by atoms with Crippen molar-refractivity contribution in [2.24, 2.45) is 0 Å². The summed E-state index contributed by atoms with van der Waals surface area (Å²) in [5.74, 6) is 0. The van der Waals surface area contributed by atoms with E-state index in [1.54, 1.807) is 0 Å². The van der Waals surface area contributed by atoms with Crippen molar-refractivity contribution in [1.29, 1.82) is 0 Å². The Labute approximate surface area is 75.7 Å². The van der Waals surface area contributed by atoms with Gasteiger partial charge in [-0.15, -0.1) is 12.6 Å². The van der Waals surface area contributed by atoms with Crippen LogP contribution in [0.3, 0.4) is 0 Å². The molecule has 0 bridgehead atoms. The Morgan fingerprint density at radius 1 is 1.17 bits per heavy atom. The summed E-state index contributed by atoms with van der Waals surface area (Å²) in [6, 6.07) is 5.56. The monoisotopic (exact) mass is 208 g/mol. The average Bonchev–Trinajstić information content (AvgIpc) is 1.86. The number of rotatable bonds is 1. The topological polar surface area (TPSA) is 85.9 Å². The number of hydrogen-bond donors (Lipinski definition) is 2. The van der Waals surface area contributed by atoms with Gasteiger partial charge in [-0.05, 0) is 24.3 Å². The molecule has 68 valence electrons. The highest BCUT2D eigenvalue weighted by molar-refractivity contribution is 7.85. The van der Waals surface area contributed by atoms with Gasteiger partial charge in [0.25, 0.3) is 10.1 Å². The fraction of sp³-hybridized carbons (Fsp3) is 0. The Kier molecular flexibility index (Phi) is 3.72. The Bertz CT molecular complexity index is 340. The lowest BCUT2D eigenvalue weighted by Crippen LogP contribution is -1.96. The van der Waals surface area contributed by atoms with E-state index in [2.05, 4.69) is 12.6 Å². The minimum absolute atomic E-state index is 0. The van der Waals surface area contributed by atoms with E-state index < -0.39 is 10.1 Å². The van der Waals surface area contributed by atoms with Gasteiger partial charge >= 0.3 is 0 Å². The molecular formula is C6H8O4S2. The number of thiol groups is 1. The molecule has 0 saturated heterocycles. The Balaban J connectivity index is 0.00000121. The van der Waals surface area contributed by atoms with E-state index in [0.717, 1.165) is 0 Å². The van der Waals surface area contributed by atoms with E-state index in [9.17, 15) is 8.42 Å². The lowest BCUT2D eigenvalue weighted by molar-refractivity contribution is 0.483. The fourth-order valence-corrected chi connectivity index (χ4v) is 1.25. The average molecular weight is 208 g/mol. The molecule has 0 amide bonds. The molecule has 0 spiro atoms. The van der Waals surface area contributed by atoms with Crippen molar-refractivity contribution in [3.05, 3.63) is 24.3 Å². The summed E-state index contributed by atoms with van der Waals surface area (Å²) < 4.78 is 29.5. The van der Waals surface area contributed by atoms with Gasteiger partial charge in [0.2, 0.25) is 0 Å². The molecule has 0 atom stereocenters. The normalized spacial score (nSPS) is 10.5. The van der Waals surface area contributed by atoms with Crippen LogP contribution in [0.4, 0.5) is 0 Å². The van der Waals surface area contributed by atoms with Crippen molar-refractivity contribution in [2.75, 3.05) is 0 Å². The lowest BCUT2D eigenvalue weighted by atomic mass is 10.4. The molecular weight excluding hydrogens is 200 g/mol. The fourth-order valence-electron chi connectivity index (χ4n) is 0.618. The summed E-state index contributed by atoms with van der Waals surface area (Å²) in [6.45, 7) is 0. The molecule has 0 unspecified atom stereocenters. The summed E-state index contributed by atoms with van der Waals surface area (Å²) in [4.78, 5) is 0.535. The molecule has 0 saturated carbocycles. The molecule has 12 heavy (non-hydrogen) atoms. The summed E-state index contributed by atoms with van der Waals surface area (Å²) in [5.41, 5.74) is 0. The third kappa shape index (κ3) is 2.82. The van der Waals surface area contributed by atoms with E-state index in [1.807, 2.05) is 0 Å². The van der Waals surface area contributed by atoms with Crippen molar-refractivity contribution in [3.63, 3.8) is 0 Å². The van der Waals surface area contributed by atoms with Crippen LogP contribution >= 0.6 is 12.6 Å². The summed E-state index contributed by atoms with van der Waals surface area (Å²) in [5, 5.41) is 0. The van der Waals surface area contributed by atoms with E-state index in [4.69, 9.17) is 4.55 Å². The highest BCUT2D eigenvalue weighted by Crippen LogP contribution is 2.11. The molecule has 0 aliphatic heterocycles. The molecule has 0 aliphatic rings. The molecule has 4 nitrogen and oxygen atoms in total. The minimum atomic E-state index is -4.05. The van der Waals surface area contributed by atoms with Gasteiger partial charge < -0.3 is 5.48 Å². The standard InChI is InChI=1S/C6H6O3S2.H2O/c7-11(8,9)6-3-1-5(10)2-4-6;/h1-4,10H,(H,7,8,9);1H2. The van der Waals surface area contributed by atoms with E-state index in [-0.39, 0.29) is 10.4 Å². The second-order valence-corrected chi connectivity index (χ2v) is 3.91. The SMILES string of the molecule is O.O=S(=O)(O)c1ccc(S)cc1. The number of benzene rings is 1. The quantitative estimate of drug-likeness (QED) is 0.517. The van der Waals surface area contributed by atoms with Crippen molar-refractivity contribution in [1.82, 2.24) is 0 Å². The summed E-state index contributed by atoms with van der Waals surface area (Å²) >= 11 is 3.95. The van der Waals surface area contributed by atoms with Gasteiger partial charge in [-0.1, -0.05) is 0 Å². The molecule has 6 heteroatoms. The maximum Gasteiger partial charge on any atom is 0.294 e. The molecule has 1 aromatic rings. The Morgan fingerprint density at radius 2 is 1.58 bits per heavy atom. The lowest BCUT2D eigenvalue weighted by Gasteiger charge is -1.95. The zero-order chi connectivity index (χ0) is 8.48. The van der Waals surface area contributed by atoms with Crippen LogP contribution in [-0.4, -0.2) is 18.4 Å². The van der Waals surface area contributed by atoms with E-state index in [1.165, 1.54) is 24.3 Å². The van der Waals surface area contributed by atoms with Crippen LogP contribution in [0.2, 0.25) is 0 Å². The maximum atomic E-state index is 10.5. The number of hydrogen-bond acceptors (Lipinski definition) is 3. The van der Waals surface area contributed by atoms with Crippen LogP contribution in [-0.2, 0) is 10.1 Å². The summed E-state index contributed by atoms with van der Waals surface area (Å²) in [6.07, 6.45) is 0. The second kappa shape index (κ2) is 3.90. The molecule has 0 heterocycles. The maximum absolute atomic E-state index is 10.5. The highest BCUT2D eigenvalue weighted by Gasteiger charge is 2.06. The first kappa shape index (κ1) is 11.4.